The lowest BCUT2D eigenvalue weighted by Gasteiger charge is -2.32. The zero-order chi connectivity index (χ0) is 18.6. The second-order valence-corrected chi connectivity index (χ2v) is 7.09. The Kier molecular flexibility index (Phi) is 4.97. The topological polar surface area (TPSA) is 46.1 Å². The van der Waals surface area contributed by atoms with E-state index in [1.807, 2.05) is 30.0 Å². The van der Waals surface area contributed by atoms with Crippen molar-refractivity contribution in [2.24, 2.45) is 0 Å². The summed E-state index contributed by atoms with van der Waals surface area (Å²) >= 11 is 0. The van der Waals surface area contributed by atoms with Gasteiger partial charge in [0.15, 0.2) is 0 Å². The molecule has 27 heavy (non-hydrogen) atoms. The van der Waals surface area contributed by atoms with Crippen molar-refractivity contribution in [2.75, 3.05) is 13.1 Å². The van der Waals surface area contributed by atoms with Crippen molar-refractivity contribution in [3.63, 3.8) is 0 Å². The predicted octanol–water partition coefficient (Wildman–Crippen LogP) is 4.47. The lowest BCUT2D eigenvalue weighted by Crippen LogP contribution is -2.39. The number of hydrogen-bond donors (Lipinski definition) is 0. The van der Waals surface area contributed by atoms with E-state index in [2.05, 4.69) is 41.4 Å². The van der Waals surface area contributed by atoms with Gasteiger partial charge < -0.3 is 4.90 Å². The van der Waals surface area contributed by atoms with Crippen molar-refractivity contribution in [1.29, 1.82) is 0 Å². The zero-order valence-electron chi connectivity index (χ0n) is 15.5. The Morgan fingerprint density at radius 3 is 2.63 bits per heavy atom. The van der Waals surface area contributed by atoms with E-state index >= 15 is 0 Å². The molecule has 1 fully saturated rings. The van der Waals surface area contributed by atoms with Gasteiger partial charge in [0.05, 0.1) is 0 Å². The molecule has 0 radical (unpaired) electrons. The van der Waals surface area contributed by atoms with Crippen LogP contribution in [0.5, 0.6) is 0 Å². The molecule has 3 aromatic rings. The normalized spacial score (nSPS) is 16.9. The molecule has 4 heteroatoms. The van der Waals surface area contributed by atoms with Crippen molar-refractivity contribution < 1.29 is 4.79 Å². The number of carbonyl (C=O) groups excluding carboxylic acids is 1. The summed E-state index contributed by atoms with van der Waals surface area (Å²) in [6, 6.07) is 20.2. The van der Waals surface area contributed by atoms with Crippen LogP contribution >= 0.6 is 0 Å². The van der Waals surface area contributed by atoms with E-state index in [1.54, 1.807) is 12.3 Å². The average Bonchev–Trinajstić information content (AvgIpc) is 2.74. The van der Waals surface area contributed by atoms with Gasteiger partial charge in [0.2, 0.25) is 0 Å². The summed E-state index contributed by atoms with van der Waals surface area (Å²) in [6.45, 7) is 3.51. The van der Waals surface area contributed by atoms with E-state index in [-0.39, 0.29) is 11.8 Å². The van der Waals surface area contributed by atoms with Gasteiger partial charge >= 0.3 is 0 Å². The first-order valence-electron chi connectivity index (χ1n) is 9.45. The molecule has 0 unspecified atom stereocenters. The fourth-order valence-corrected chi connectivity index (χ4v) is 3.75. The van der Waals surface area contributed by atoms with Crippen LogP contribution in [-0.2, 0) is 0 Å². The lowest BCUT2D eigenvalue weighted by atomic mass is 9.92. The van der Waals surface area contributed by atoms with Gasteiger partial charge in [-0.1, -0.05) is 36.4 Å². The molecule has 136 valence electrons. The van der Waals surface area contributed by atoms with Crippen LogP contribution in [0.2, 0.25) is 0 Å². The number of rotatable bonds is 3. The van der Waals surface area contributed by atoms with Crippen LogP contribution in [0.4, 0.5) is 0 Å². The van der Waals surface area contributed by atoms with Crippen LogP contribution in [0.15, 0.2) is 66.9 Å². The third-order valence-electron chi connectivity index (χ3n) is 5.09. The SMILES string of the molecule is Cc1cc(-c2ccccc2)cc([C@H]2CCCN(C(=O)c3ccccn3)C2)n1. The highest BCUT2D eigenvalue weighted by atomic mass is 16.2. The number of carbonyl (C=O) groups is 1. The molecule has 4 rings (SSSR count). The highest BCUT2D eigenvalue weighted by Gasteiger charge is 2.27. The maximum atomic E-state index is 12.8. The molecule has 1 saturated heterocycles. The number of piperidine rings is 1. The summed E-state index contributed by atoms with van der Waals surface area (Å²) in [6.07, 6.45) is 3.71. The molecule has 1 aliphatic heterocycles. The first-order chi connectivity index (χ1) is 13.2. The van der Waals surface area contributed by atoms with Gasteiger partial charge in [0, 0.05) is 36.6 Å². The first-order valence-corrected chi connectivity index (χ1v) is 9.45. The molecule has 1 amide bonds. The van der Waals surface area contributed by atoms with Gasteiger partial charge in [-0.15, -0.1) is 0 Å². The average molecular weight is 357 g/mol. The molecule has 1 aliphatic rings. The third-order valence-corrected chi connectivity index (χ3v) is 5.09. The Balaban J connectivity index is 1.58. The zero-order valence-corrected chi connectivity index (χ0v) is 15.5. The fraction of sp³-hybridized carbons (Fsp3) is 0.261. The quantitative estimate of drug-likeness (QED) is 0.695. The maximum Gasteiger partial charge on any atom is 0.272 e. The van der Waals surface area contributed by atoms with E-state index in [0.717, 1.165) is 30.8 Å². The molecule has 2 aromatic heterocycles. The largest absolute Gasteiger partial charge is 0.337 e. The monoisotopic (exact) mass is 357 g/mol. The van der Waals surface area contributed by atoms with Gasteiger partial charge in [0.1, 0.15) is 5.69 Å². The van der Waals surface area contributed by atoms with E-state index in [9.17, 15) is 4.79 Å². The fourth-order valence-electron chi connectivity index (χ4n) is 3.75. The highest BCUT2D eigenvalue weighted by molar-refractivity contribution is 5.92. The van der Waals surface area contributed by atoms with Gasteiger partial charge in [-0.3, -0.25) is 14.8 Å². The summed E-state index contributed by atoms with van der Waals surface area (Å²) < 4.78 is 0. The van der Waals surface area contributed by atoms with Crippen molar-refractivity contribution in [2.45, 2.75) is 25.7 Å². The molecule has 0 spiro atoms. The number of amides is 1. The van der Waals surface area contributed by atoms with E-state index in [4.69, 9.17) is 4.98 Å². The molecule has 4 nitrogen and oxygen atoms in total. The van der Waals surface area contributed by atoms with Crippen LogP contribution in [0.3, 0.4) is 0 Å². The van der Waals surface area contributed by atoms with Crippen LogP contribution < -0.4 is 0 Å². The summed E-state index contributed by atoms with van der Waals surface area (Å²) in [4.78, 5) is 23.7. The molecule has 0 bridgehead atoms. The van der Waals surface area contributed by atoms with Gasteiger partial charge in [0.25, 0.3) is 5.91 Å². The Hall–Kier alpha value is -3.01. The second-order valence-electron chi connectivity index (χ2n) is 7.09. The molecule has 0 saturated carbocycles. The van der Waals surface area contributed by atoms with Crippen molar-refractivity contribution in [3.05, 3.63) is 83.9 Å². The number of hydrogen-bond acceptors (Lipinski definition) is 3. The Labute approximate surface area is 159 Å². The number of benzene rings is 1. The minimum Gasteiger partial charge on any atom is -0.337 e. The van der Waals surface area contributed by atoms with Crippen LogP contribution in [-0.4, -0.2) is 33.9 Å². The summed E-state index contributed by atoms with van der Waals surface area (Å²) in [5.41, 5.74) is 4.99. The smallest absolute Gasteiger partial charge is 0.272 e. The van der Waals surface area contributed by atoms with Crippen molar-refractivity contribution in [1.82, 2.24) is 14.9 Å². The van der Waals surface area contributed by atoms with Crippen LogP contribution in [0.1, 0.15) is 40.6 Å². The highest BCUT2D eigenvalue weighted by Crippen LogP contribution is 2.30. The predicted molar refractivity (Wildman–Crippen MR) is 107 cm³/mol. The molecular weight excluding hydrogens is 334 g/mol. The first kappa shape index (κ1) is 17.4. The Bertz CT molecular complexity index is 925. The van der Waals surface area contributed by atoms with Gasteiger partial charge in [-0.2, -0.15) is 0 Å². The number of nitrogens with zero attached hydrogens (tertiary/aromatic N) is 3. The molecule has 3 heterocycles. The Morgan fingerprint density at radius 2 is 1.85 bits per heavy atom. The van der Waals surface area contributed by atoms with E-state index < -0.39 is 0 Å². The number of aromatic nitrogens is 2. The minimum absolute atomic E-state index is 0.0104. The molecule has 0 N–H and O–H groups in total. The molecule has 1 aromatic carbocycles. The molecule has 1 atom stereocenters. The molecule has 0 aliphatic carbocycles. The maximum absolute atomic E-state index is 12.8. The summed E-state index contributed by atoms with van der Waals surface area (Å²) in [5, 5.41) is 0. The third kappa shape index (κ3) is 3.90. The number of pyridine rings is 2. The van der Waals surface area contributed by atoms with E-state index in [0.29, 0.717) is 12.2 Å². The summed E-state index contributed by atoms with van der Waals surface area (Å²) in [5.74, 6) is 0.269. The molecular formula is C23H23N3O. The Morgan fingerprint density at radius 1 is 1.04 bits per heavy atom. The lowest BCUT2D eigenvalue weighted by molar-refractivity contribution is 0.0700. The second kappa shape index (κ2) is 7.70. The number of aryl methyl sites for hydroxylation is 1. The standard InChI is InChI=1S/C23H23N3O/c1-17-14-20(18-8-3-2-4-9-18)15-22(25-17)19-10-7-13-26(16-19)23(27)21-11-5-6-12-24-21/h2-6,8-9,11-12,14-15,19H,7,10,13,16H2,1H3/t19-/m0/s1. The van der Waals surface area contributed by atoms with Crippen molar-refractivity contribution in [3.8, 4) is 11.1 Å². The van der Waals surface area contributed by atoms with Crippen molar-refractivity contribution >= 4 is 5.91 Å². The summed E-state index contributed by atoms with van der Waals surface area (Å²) in [7, 11) is 0. The van der Waals surface area contributed by atoms with Gasteiger partial charge in [-0.25, -0.2) is 0 Å². The van der Waals surface area contributed by atoms with Gasteiger partial charge in [-0.05, 0) is 55.2 Å². The van der Waals surface area contributed by atoms with Crippen LogP contribution in [0, 0.1) is 6.92 Å². The minimum atomic E-state index is 0.0104. The van der Waals surface area contributed by atoms with E-state index in [1.165, 1.54) is 11.1 Å². The van der Waals surface area contributed by atoms with Crippen LogP contribution in [0.25, 0.3) is 11.1 Å². The number of likely N-dealkylation sites (tertiary alicyclic amines) is 1.